The van der Waals surface area contributed by atoms with Crippen molar-refractivity contribution in [2.45, 2.75) is 12.7 Å². The summed E-state index contributed by atoms with van der Waals surface area (Å²) in [5.41, 5.74) is 0.243. The average molecular weight is 367 g/mol. The smallest absolute Gasteiger partial charge is 0.394 e. The molecule has 1 aromatic heterocycles. The highest BCUT2D eigenvalue weighted by Crippen LogP contribution is 2.32. The van der Waals surface area contributed by atoms with E-state index in [9.17, 15) is 17.6 Å². The number of halogens is 4. The predicted molar refractivity (Wildman–Crippen MR) is 85.0 cm³/mol. The molecule has 0 atom stereocenters. The molecule has 0 saturated heterocycles. The summed E-state index contributed by atoms with van der Waals surface area (Å²) in [4.78, 5) is 1.18. The number of anilines is 2. The molecule has 6 nitrogen and oxygen atoms in total. The zero-order chi connectivity index (χ0) is 18.7. The van der Waals surface area contributed by atoms with Crippen molar-refractivity contribution in [3.63, 3.8) is 0 Å². The molecule has 0 fully saturated rings. The highest BCUT2D eigenvalue weighted by molar-refractivity contribution is 5.77. The van der Waals surface area contributed by atoms with Crippen LogP contribution in [0.1, 0.15) is 5.56 Å². The van der Waals surface area contributed by atoms with Crippen molar-refractivity contribution in [3.8, 4) is 11.4 Å². The van der Waals surface area contributed by atoms with Crippen molar-refractivity contribution < 1.29 is 22.7 Å². The fourth-order valence-electron chi connectivity index (χ4n) is 2.25. The summed E-state index contributed by atoms with van der Waals surface area (Å²) >= 11 is 0. The Bertz CT molecular complexity index is 892. The first kappa shape index (κ1) is 17.8. The van der Waals surface area contributed by atoms with Gasteiger partial charge in [-0.15, -0.1) is 10.2 Å². The Balaban J connectivity index is 1.90. The van der Waals surface area contributed by atoms with E-state index in [-0.39, 0.29) is 24.7 Å². The van der Waals surface area contributed by atoms with Crippen molar-refractivity contribution in [2.75, 3.05) is 11.9 Å². The number of benzene rings is 2. The van der Waals surface area contributed by atoms with Crippen LogP contribution in [0.4, 0.5) is 28.9 Å². The van der Waals surface area contributed by atoms with Gasteiger partial charge in [0.25, 0.3) is 0 Å². The van der Waals surface area contributed by atoms with Crippen LogP contribution >= 0.6 is 0 Å². The molecular formula is C16H13F4N5O. The minimum absolute atomic E-state index is 0.149. The SMILES string of the molecule is OCCn1nnc(-c2ccc(F)cc2Nc2ccc(C(F)(F)F)cc2)n1. The van der Waals surface area contributed by atoms with E-state index in [1.54, 1.807) is 0 Å². The van der Waals surface area contributed by atoms with Crippen LogP contribution in [-0.4, -0.2) is 31.9 Å². The van der Waals surface area contributed by atoms with Gasteiger partial charge in [0, 0.05) is 11.3 Å². The van der Waals surface area contributed by atoms with Gasteiger partial charge in [0.2, 0.25) is 5.82 Å². The fraction of sp³-hybridized carbons (Fsp3) is 0.188. The van der Waals surface area contributed by atoms with Gasteiger partial charge < -0.3 is 10.4 Å². The molecule has 2 N–H and O–H groups in total. The van der Waals surface area contributed by atoms with Crippen LogP contribution in [-0.2, 0) is 12.7 Å². The van der Waals surface area contributed by atoms with E-state index in [1.165, 1.54) is 35.1 Å². The number of alkyl halides is 3. The quantitative estimate of drug-likeness (QED) is 0.677. The van der Waals surface area contributed by atoms with E-state index in [0.717, 1.165) is 12.1 Å². The Labute approximate surface area is 145 Å². The number of rotatable bonds is 5. The monoisotopic (exact) mass is 367 g/mol. The third-order valence-electron chi connectivity index (χ3n) is 3.47. The Hall–Kier alpha value is -3.01. The first-order chi connectivity index (χ1) is 12.4. The number of nitrogens with zero attached hydrogens (tertiary/aromatic N) is 4. The maximum absolute atomic E-state index is 13.6. The lowest BCUT2D eigenvalue weighted by molar-refractivity contribution is -0.137. The summed E-state index contributed by atoms with van der Waals surface area (Å²) in [5, 5.41) is 23.4. The third kappa shape index (κ3) is 3.97. The minimum atomic E-state index is -4.43. The molecule has 0 aliphatic carbocycles. The van der Waals surface area contributed by atoms with Crippen molar-refractivity contribution in [1.82, 2.24) is 20.2 Å². The number of hydrogen-bond donors (Lipinski definition) is 2. The van der Waals surface area contributed by atoms with Gasteiger partial charge in [-0.2, -0.15) is 18.0 Å². The van der Waals surface area contributed by atoms with Gasteiger partial charge >= 0.3 is 6.18 Å². The number of aliphatic hydroxyl groups excluding tert-OH is 1. The van der Waals surface area contributed by atoms with Gasteiger partial charge in [-0.25, -0.2) is 4.39 Å². The van der Waals surface area contributed by atoms with Gasteiger partial charge in [-0.1, -0.05) is 0 Å². The van der Waals surface area contributed by atoms with E-state index in [0.29, 0.717) is 11.3 Å². The summed E-state index contributed by atoms with van der Waals surface area (Å²) in [6.45, 7) is -0.0221. The first-order valence-corrected chi connectivity index (χ1v) is 7.49. The van der Waals surface area contributed by atoms with Crippen LogP contribution in [0, 0.1) is 5.82 Å². The maximum Gasteiger partial charge on any atom is 0.416 e. The van der Waals surface area contributed by atoms with E-state index in [4.69, 9.17) is 5.11 Å². The molecule has 0 aliphatic rings. The van der Waals surface area contributed by atoms with Crippen molar-refractivity contribution in [3.05, 3.63) is 53.8 Å². The Morgan fingerprint density at radius 3 is 2.46 bits per heavy atom. The molecule has 3 aromatic rings. The number of nitrogens with one attached hydrogen (secondary N) is 1. The lowest BCUT2D eigenvalue weighted by Crippen LogP contribution is -2.06. The number of aromatic nitrogens is 4. The molecule has 1 heterocycles. The largest absolute Gasteiger partial charge is 0.416 e. The summed E-state index contributed by atoms with van der Waals surface area (Å²) in [7, 11) is 0. The number of tetrazole rings is 1. The molecule has 0 saturated carbocycles. The minimum Gasteiger partial charge on any atom is -0.394 e. The highest BCUT2D eigenvalue weighted by atomic mass is 19.4. The van der Waals surface area contributed by atoms with E-state index in [1.807, 2.05) is 0 Å². The normalized spacial score (nSPS) is 11.6. The van der Waals surface area contributed by atoms with Crippen LogP contribution in [0.25, 0.3) is 11.4 Å². The second kappa shape index (κ2) is 7.08. The van der Waals surface area contributed by atoms with Crippen LogP contribution in [0.5, 0.6) is 0 Å². The summed E-state index contributed by atoms with van der Waals surface area (Å²) in [5.74, 6) is -0.348. The summed E-state index contributed by atoms with van der Waals surface area (Å²) < 4.78 is 51.5. The van der Waals surface area contributed by atoms with Crippen LogP contribution in [0.15, 0.2) is 42.5 Å². The van der Waals surface area contributed by atoms with E-state index in [2.05, 4.69) is 20.7 Å². The number of hydrogen-bond acceptors (Lipinski definition) is 5. The summed E-state index contributed by atoms with van der Waals surface area (Å²) in [6, 6.07) is 8.16. The highest BCUT2D eigenvalue weighted by Gasteiger charge is 2.30. The third-order valence-corrected chi connectivity index (χ3v) is 3.47. The molecular weight excluding hydrogens is 354 g/mol. The molecule has 0 spiro atoms. The maximum atomic E-state index is 13.6. The number of aliphatic hydroxyl groups is 1. The van der Waals surface area contributed by atoms with Crippen LogP contribution in [0.2, 0.25) is 0 Å². The molecule has 2 aromatic carbocycles. The molecule has 0 aliphatic heterocycles. The standard InChI is InChI=1S/C16H13F4N5O/c17-11-3-6-13(15-22-24-25(23-15)7-8-26)14(9-11)21-12-4-1-10(2-5-12)16(18,19)20/h1-6,9,21,26H,7-8H2. The molecule has 10 heteroatoms. The fourth-order valence-corrected chi connectivity index (χ4v) is 2.25. The first-order valence-electron chi connectivity index (χ1n) is 7.49. The lowest BCUT2D eigenvalue weighted by atomic mass is 10.1. The second-order valence-electron chi connectivity index (χ2n) is 5.32. The van der Waals surface area contributed by atoms with Gasteiger partial charge in [-0.05, 0) is 47.7 Å². The Morgan fingerprint density at radius 1 is 1.08 bits per heavy atom. The average Bonchev–Trinajstić information content (AvgIpc) is 3.03. The Morgan fingerprint density at radius 2 is 1.81 bits per heavy atom. The molecule has 0 amide bonds. The van der Waals surface area contributed by atoms with Crippen LogP contribution in [0.3, 0.4) is 0 Å². The summed E-state index contributed by atoms with van der Waals surface area (Å²) in [6.07, 6.45) is -4.43. The lowest BCUT2D eigenvalue weighted by Gasteiger charge is -2.12. The Kier molecular flexibility index (Phi) is 4.85. The predicted octanol–water partition coefficient (Wildman–Crippen LogP) is 3.23. The van der Waals surface area contributed by atoms with Crippen molar-refractivity contribution in [1.29, 1.82) is 0 Å². The topological polar surface area (TPSA) is 75.9 Å². The van der Waals surface area contributed by atoms with Gasteiger partial charge in [0.15, 0.2) is 0 Å². The van der Waals surface area contributed by atoms with E-state index < -0.39 is 17.6 Å². The molecule has 0 bridgehead atoms. The molecule has 0 unspecified atom stereocenters. The molecule has 3 rings (SSSR count). The van der Waals surface area contributed by atoms with Crippen molar-refractivity contribution in [2.24, 2.45) is 0 Å². The van der Waals surface area contributed by atoms with Gasteiger partial charge in [0.05, 0.1) is 24.4 Å². The molecule has 0 radical (unpaired) electrons. The zero-order valence-electron chi connectivity index (χ0n) is 13.2. The van der Waals surface area contributed by atoms with Gasteiger partial charge in [-0.3, -0.25) is 0 Å². The van der Waals surface area contributed by atoms with Crippen LogP contribution < -0.4 is 5.32 Å². The molecule has 26 heavy (non-hydrogen) atoms. The molecule has 136 valence electrons. The second-order valence-corrected chi connectivity index (χ2v) is 5.32. The zero-order valence-corrected chi connectivity index (χ0v) is 13.2. The van der Waals surface area contributed by atoms with Crippen molar-refractivity contribution >= 4 is 11.4 Å². The van der Waals surface area contributed by atoms with E-state index >= 15 is 0 Å². The van der Waals surface area contributed by atoms with Gasteiger partial charge in [0.1, 0.15) is 5.82 Å².